The molecule has 0 fully saturated rings. The second-order valence-corrected chi connectivity index (χ2v) is 6.65. The van der Waals surface area contributed by atoms with Crippen LogP contribution >= 0.6 is 0 Å². The van der Waals surface area contributed by atoms with E-state index in [-0.39, 0.29) is 0 Å². The molecule has 0 bridgehead atoms. The van der Waals surface area contributed by atoms with Crippen molar-refractivity contribution in [1.29, 1.82) is 0 Å². The lowest BCUT2D eigenvalue weighted by atomic mass is 9.79. The van der Waals surface area contributed by atoms with Crippen LogP contribution in [0.1, 0.15) is 77.2 Å². The molecule has 120 valence electrons. The van der Waals surface area contributed by atoms with Crippen LogP contribution in [-0.4, -0.2) is 11.7 Å². The monoisotopic (exact) mass is 290 g/mol. The fraction of sp³-hybridized carbons (Fsp3) is 0.700. The van der Waals surface area contributed by atoms with Gasteiger partial charge in [-0.1, -0.05) is 83.2 Å². The Hall–Kier alpha value is -0.820. The minimum Gasteiger partial charge on any atom is -0.396 e. The van der Waals surface area contributed by atoms with Gasteiger partial charge < -0.3 is 5.11 Å². The van der Waals surface area contributed by atoms with Crippen molar-refractivity contribution >= 4 is 0 Å². The molecule has 1 nitrogen and oxygen atoms in total. The number of benzene rings is 1. The molecule has 0 radical (unpaired) electrons. The second-order valence-electron chi connectivity index (χ2n) is 6.65. The van der Waals surface area contributed by atoms with E-state index in [0.717, 1.165) is 12.3 Å². The zero-order valence-electron chi connectivity index (χ0n) is 14.2. The maximum Gasteiger partial charge on any atom is 0.0433 e. The van der Waals surface area contributed by atoms with E-state index in [2.05, 4.69) is 51.1 Å². The molecular formula is C20H34O. The Bertz CT molecular complexity index is 346. The van der Waals surface area contributed by atoms with Crippen LogP contribution in [0.4, 0.5) is 0 Å². The molecular weight excluding hydrogens is 256 g/mol. The molecule has 1 rings (SSSR count). The van der Waals surface area contributed by atoms with Crippen molar-refractivity contribution in [3.63, 3.8) is 0 Å². The predicted octanol–water partition coefficient (Wildman–Crippen LogP) is 5.79. The first kappa shape index (κ1) is 18.2. The van der Waals surface area contributed by atoms with E-state index in [1.807, 2.05) is 0 Å². The number of aliphatic hydroxyl groups is 1. The molecule has 1 aromatic carbocycles. The quantitative estimate of drug-likeness (QED) is 0.512. The summed E-state index contributed by atoms with van der Waals surface area (Å²) in [5, 5.41) is 9.38. The molecule has 3 atom stereocenters. The molecule has 3 unspecified atom stereocenters. The van der Waals surface area contributed by atoms with Gasteiger partial charge in [0.15, 0.2) is 0 Å². The first-order chi connectivity index (χ1) is 10.2. The summed E-state index contributed by atoms with van der Waals surface area (Å²) >= 11 is 0. The maximum atomic E-state index is 9.38. The van der Waals surface area contributed by atoms with Crippen LogP contribution in [0.3, 0.4) is 0 Å². The van der Waals surface area contributed by atoms with E-state index in [4.69, 9.17) is 0 Å². The van der Waals surface area contributed by atoms with E-state index in [1.54, 1.807) is 0 Å². The summed E-state index contributed by atoms with van der Waals surface area (Å²) in [4.78, 5) is 0. The van der Waals surface area contributed by atoms with Crippen LogP contribution in [0.25, 0.3) is 0 Å². The summed E-state index contributed by atoms with van der Waals surface area (Å²) in [6.07, 6.45) is 8.83. The van der Waals surface area contributed by atoms with Crippen LogP contribution in [0.15, 0.2) is 30.3 Å². The highest BCUT2D eigenvalue weighted by molar-refractivity contribution is 5.18. The number of hydrogen-bond donors (Lipinski definition) is 1. The molecule has 0 saturated carbocycles. The van der Waals surface area contributed by atoms with Gasteiger partial charge in [0.25, 0.3) is 0 Å². The van der Waals surface area contributed by atoms with E-state index in [1.165, 1.54) is 44.1 Å². The third-order valence-electron chi connectivity index (χ3n) is 4.84. The lowest BCUT2D eigenvalue weighted by Gasteiger charge is -2.26. The van der Waals surface area contributed by atoms with Gasteiger partial charge in [-0.3, -0.25) is 0 Å². The largest absolute Gasteiger partial charge is 0.396 e. The van der Waals surface area contributed by atoms with Gasteiger partial charge in [-0.2, -0.15) is 0 Å². The highest BCUT2D eigenvalue weighted by Crippen LogP contribution is 2.32. The van der Waals surface area contributed by atoms with Crippen molar-refractivity contribution in [2.75, 3.05) is 6.61 Å². The van der Waals surface area contributed by atoms with Gasteiger partial charge in [0.2, 0.25) is 0 Å². The van der Waals surface area contributed by atoms with Crippen molar-refractivity contribution in [3.05, 3.63) is 35.9 Å². The van der Waals surface area contributed by atoms with Crippen LogP contribution in [0.5, 0.6) is 0 Å². The Morgan fingerprint density at radius 3 is 2.29 bits per heavy atom. The minimum absolute atomic E-state index is 0.325. The normalized spacial score (nSPS) is 15.6. The van der Waals surface area contributed by atoms with E-state index >= 15 is 0 Å². The Kier molecular flexibility index (Phi) is 9.41. The summed E-state index contributed by atoms with van der Waals surface area (Å²) in [6.45, 7) is 7.29. The predicted molar refractivity (Wildman–Crippen MR) is 92.6 cm³/mol. The van der Waals surface area contributed by atoms with Crippen LogP contribution in [0.2, 0.25) is 0 Å². The lowest BCUT2D eigenvalue weighted by molar-refractivity contribution is 0.204. The standard InChI is InChI=1S/C20H34O/c1-4-5-6-8-11-17(2)20(14-15-21)16-18(3)19-12-9-7-10-13-19/h7,9-10,12-13,17-18,20-21H,4-6,8,11,14-16H2,1-3H3. The van der Waals surface area contributed by atoms with Crippen molar-refractivity contribution in [1.82, 2.24) is 0 Å². The van der Waals surface area contributed by atoms with Gasteiger partial charge in [0.05, 0.1) is 0 Å². The summed E-state index contributed by atoms with van der Waals surface area (Å²) < 4.78 is 0. The molecule has 0 spiro atoms. The van der Waals surface area contributed by atoms with Crippen molar-refractivity contribution < 1.29 is 5.11 Å². The zero-order chi connectivity index (χ0) is 15.5. The molecule has 0 aliphatic heterocycles. The molecule has 21 heavy (non-hydrogen) atoms. The van der Waals surface area contributed by atoms with Gasteiger partial charge >= 0.3 is 0 Å². The molecule has 0 aliphatic rings. The van der Waals surface area contributed by atoms with E-state index in [9.17, 15) is 5.11 Å². The van der Waals surface area contributed by atoms with Crippen molar-refractivity contribution in [3.8, 4) is 0 Å². The average molecular weight is 290 g/mol. The van der Waals surface area contributed by atoms with E-state index in [0.29, 0.717) is 18.4 Å². The fourth-order valence-electron chi connectivity index (χ4n) is 3.30. The number of hydrogen-bond acceptors (Lipinski definition) is 1. The van der Waals surface area contributed by atoms with Gasteiger partial charge in [0.1, 0.15) is 0 Å². The fourth-order valence-corrected chi connectivity index (χ4v) is 3.30. The SMILES string of the molecule is CCCCCCC(C)C(CCO)CC(C)c1ccccc1. The van der Waals surface area contributed by atoms with Crippen molar-refractivity contribution in [2.45, 2.75) is 71.6 Å². The number of unbranched alkanes of at least 4 members (excludes halogenated alkanes) is 3. The molecule has 0 heterocycles. The highest BCUT2D eigenvalue weighted by Gasteiger charge is 2.20. The molecule has 1 aromatic rings. The van der Waals surface area contributed by atoms with Gasteiger partial charge in [0, 0.05) is 6.61 Å². The van der Waals surface area contributed by atoms with Gasteiger partial charge in [-0.05, 0) is 36.2 Å². The molecule has 1 heteroatoms. The molecule has 1 N–H and O–H groups in total. The highest BCUT2D eigenvalue weighted by atomic mass is 16.3. The molecule has 0 amide bonds. The second kappa shape index (κ2) is 10.8. The zero-order valence-corrected chi connectivity index (χ0v) is 14.2. The summed E-state index contributed by atoms with van der Waals surface area (Å²) in [5.41, 5.74) is 1.43. The third kappa shape index (κ3) is 7.13. The first-order valence-electron chi connectivity index (χ1n) is 8.84. The topological polar surface area (TPSA) is 20.2 Å². The number of aliphatic hydroxyl groups excluding tert-OH is 1. The smallest absolute Gasteiger partial charge is 0.0433 e. The van der Waals surface area contributed by atoms with Crippen LogP contribution in [0, 0.1) is 11.8 Å². The van der Waals surface area contributed by atoms with E-state index < -0.39 is 0 Å². The summed E-state index contributed by atoms with van der Waals surface area (Å²) in [5.74, 6) is 1.95. The van der Waals surface area contributed by atoms with Crippen molar-refractivity contribution in [2.24, 2.45) is 11.8 Å². The Labute approximate surface area is 131 Å². The third-order valence-corrected chi connectivity index (χ3v) is 4.84. The summed E-state index contributed by atoms with van der Waals surface area (Å²) in [6, 6.07) is 10.8. The first-order valence-corrected chi connectivity index (χ1v) is 8.84. The van der Waals surface area contributed by atoms with Crippen LogP contribution in [-0.2, 0) is 0 Å². The summed E-state index contributed by atoms with van der Waals surface area (Å²) in [7, 11) is 0. The molecule has 0 aromatic heterocycles. The maximum absolute atomic E-state index is 9.38. The minimum atomic E-state index is 0.325. The number of rotatable bonds is 11. The van der Waals surface area contributed by atoms with Gasteiger partial charge in [-0.15, -0.1) is 0 Å². The van der Waals surface area contributed by atoms with Gasteiger partial charge in [-0.25, -0.2) is 0 Å². The average Bonchev–Trinajstić information content (AvgIpc) is 2.51. The van der Waals surface area contributed by atoms with Crippen LogP contribution < -0.4 is 0 Å². The Morgan fingerprint density at radius 1 is 0.952 bits per heavy atom. The molecule has 0 saturated heterocycles. The molecule has 0 aliphatic carbocycles. The lowest BCUT2D eigenvalue weighted by Crippen LogP contribution is -2.16. The Morgan fingerprint density at radius 2 is 1.67 bits per heavy atom. The Balaban J connectivity index is 2.48.